The molecule has 0 spiro atoms. The molecule has 1 aromatic rings. The first-order valence-electron chi connectivity index (χ1n) is 4.77. The van der Waals surface area contributed by atoms with Crippen LogP contribution in [0.15, 0.2) is 18.2 Å². The molecule has 5 heteroatoms. The van der Waals surface area contributed by atoms with Crippen molar-refractivity contribution in [1.29, 1.82) is 0 Å². The van der Waals surface area contributed by atoms with Gasteiger partial charge < -0.3 is 5.11 Å². The second kappa shape index (κ2) is 3.05. The number of hydroxylamine groups is 1. The SMILES string of the molecule is CC1(C)C(=O)N(O)c2ccc(C(=O)O)cc21. The minimum atomic E-state index is -1.05. The Kier molecular flexibility index (Phi) is 2.03. The van der Waals surface area contributed by atoms with E-state index in [0.29, 0.717) is 16.3 Å². The Labute approximate surface area is 91.9 Å². The number of benzene rings is 1. The average Bonchev–Trinajstić information content (AvgIpc) is 2.40. The number of hydrogen-bond acceptors (Lipinski definition) is 3. The van der Waals surface area contributed by atoms with E-state index < -0.39 is 17.3 Å². The van der Waals surface area contributed by atoms with Crippen molar-refractivity contribution in [2.24, 2.45) is 0 Å². The van der Waals surface area contributed by atoms with Gasteiger partial charge in [0, 0.05) is 0 Å². The van der Waals surface area contributed by atoms with Gasteiger partial charge in [-0.15, -0.1) is 0 Å². The highest BCUT2D eigenvalue weighted by Crippen LogP contribution is 2.40. The van der Waals surface area contributed by atoms with Gasteiger partial charge >= 0.3 is 5.97 Å². The molecule has 2 rings (SSSR count). The molecule has 0 radical (unpaired) electrons. The molecule has 1 aliphatic heterocycles. The maximum Gasteiger partial charge on any atom is 0.335 e. The lowest BCUT2D eigenvalue weighted by molar-refractivity contribution is -0.126. The molecule has 2 N–H and O–H groups in total. The summed E-state index contributed by atoms with van der Waals surface area (Å²) in [6.45, 7) is 3.30. The molecule has 0 unspecified atom stereocenters. The highest BCUT2D eigenvalue weighted by Gasteiger charge is 2.44. The minimum Gasteiger partial charge on any atom is -0.478 e. The summed E-state index contributed by atoms with van der Waals surface area (Å²) in [7, 11) is 0. The molecule has 0 bridgehead atoms. The first kappa shape index (κ1) is 10.6. The zero-order chi connectivity index (χ0) is 12.1. The molecule has 16 heavy (non-hydrogen) atoms. The molecule has 1 amide bonds. The van der Waals surface area contributed by atoms with Crippen LogP contribution in [0.4, 0.5) is 5.69 Å². The summed E-state index contributed by atoms with van der Waals surface area (Å²) >= 11 is 0. The molecule has 1 aromatic carbocycles. The number of carboxylic acid groups (broad SMARTS) is 1. The monoisotopic (exact) mass is 221 g/mol. The van der Waals surface area contributed by atoms with E-state index in [9.17, 15) is 14.8 Å². The number of anilines is 1. The third-order valence-corrected chi connectivity index (χ3v) is 2.87. The third-order valence-electron chi connectivity index (χ3n) is 2.87. The smallest absolute Gasteiger partial charge is 0.335 e. The molecule has 0 saturated heterocycles. The number of carboxylic acids is 1. The summed E-state index contributed by atoms with van der Waals surface area (Å²) in [5.74, 6) is -1.51. The van der Waals surface area contributed by atoms with Gasteiger partial charge in [0.2, 0.25) is 0 Å². The first-order valence-corrected chi connectivity index (χ1v) is 4.77. The van der Waals surface area contributed by atoms with E-state index in [2.05, 4.69) is 0 Å². The third kappa shape index (κ3) is 1.22. The van der Waals surface area contributed by atoms with Crippen LogP contribution < -0.4 is 5.06 Å². The van der Waals surface area contributed by atoms with Crippen molar-refractivity contribution in [2.45, 2.75) is 19.3 Å². The van der Waals surface area contributed by atoms with Crippen LogP contribution in [-0.2, 0) is 10.2 Å². The Morgan fingerprint density at radius 3 is 2.56 bits per heavy atom. The van der Waals surface area contributed by atoms with Crippen molar-refractivity contribution in [3.05, 3.63) is 29.3 Å². The summed E-state index contributed by atoms with van der Waals surface area (Å²) in [6, 6.07) is 4.22. The standard InChI is InChI=1S/C11H11NO4/c1-11(2)7-5-6(9(13)14)3-4-8(7)12(16)10(11)15/h3-5,16H,1-2H3,(H,13,14). The van der Waals surface area contributed by atoms with Crippen LogP contribution >= 0.6 is 0 Å². The molecule has 0 saturated carbocycles. The lowest BCUT2D eigenvalue weighted by atomic mass is 9.85. The van der Waals surface area contributed by atoms with Gasteiger partial charge in [-0.25, -0.2) is 4.79 Å². The van der Waals surface area contributed by atoms with Gasteiger partial charge in [0.05, 0.1) is 16.7 Å². The number of carbonyl (C=O) groups is 2. The number of fused-ring (bicyclic) bond motifs is 1. The van der Waals surface area contributed by atoms with Crippen molar-refractivity contribution in [3.8, 4) is 0 Å². The van der Waals surface area contributed by atoms with Crippen LogP contribution in [0.5, 0.6) is 0 Å². The number of hydrogen-bond donors (Lipinski definition) is 2. The van der Waals surface area contributed by atoms with E-state index in [0.717, 1.165) is 0 Å². The zero-order valence-electron chi connectivity index (χ0n) is 8.89. The topological polar surface area (TPSA) is 77.8 Å². The van der Waals surface area contributed by atoms with Crippen LogP contribution in [0.3, 0.4) is 0 Å². The normalized spacial score (nSPS) is 17.4. The Morgan fingerprint density at radius 1 is 1.38 bits per heavy atom. The van der Waals surface area contributed by atoms with Crippen molar-refractivity contribution in [2.75, 3.05) is 5.06 Å². The fourth-order valence-electron chi connectivity index (χ4n) is 1.84. The zero-order valence-corrected chi connectivity index (χ0v) is 8.89. The lowest BCUT2D eigenvalue weighted by Crippen LogP contribution is -2.33. The van der Waals surface area contributed by atoms with Gasteiger partial charge in [-0.05, 0) is 37.6 Å². The highest BCUT2D eigenvalue weighted by atomic mass is 16.5. The molecule has 1 heterocycles. The van der Waals surface area contributed by atoms with E-state index in [1.807, 2.05) is 0 Å². The molecule has 84 valence electrons. The van der Waals surface area contributed by atoms with E-state index in [1.54, 1.807) is 13.8 Å². The molecule has 0 fully saturated rings. The molecule has 1 aliphatic rings. The van der Waals surface area contributed by atoms with Gasteiger partial charge in [0.15, 0.2) is 0 Å². The van der Waals surface area contributed by atoms with Gasteiger partial charge in [0.25, 0.3) is 5.91 Å². The van der Waals surface area contributed by atoms with Crippen molar-refractivity contribution >= 4 is 17.6 Å². The van der Waals surface area contributed by atoms with Crippen molar-refractivity contribution < 1.29 is 19.9 Å². The minimum absolute atomic E-state index is 0.106. The molecular weight excluding hydrogens is 210 g/mol. The summed E-state index contributed by atoms with van der Waals surface area (Å²) in [6.07, 6.45) is 0. The number of carbonyl (C=O) groups excluding carboxylic acids is 1. The molecule has 0 atom stereocenters. The van der Waals surface area contributed by atoms with Gasteiger partial charge in [0.1, 0.15) is 0 Å². The fourth-order valence-corrected chi connectivity index (χ4v) is 1.84. The quantitative estimate of drug-likeness (QED) is 0.702. The Balaban J connectivity index is 2.65. The van der Waals surface area contributed by atoms with Crippen LogP contribution in [0, 0.1) is 0 Å². The van der Waals surface area contributed by atoms with E-state index >= 15 is 0 Å². The second-order valence-electron chi connectivity index (χ2n) is 4.28. The van der Waals surface area contributed by atoms with E-state index in [4.69, 9.17) is 5.11 Å². The van der Waals surface area contributed by atoms with Crippen molar-refractivity contribution in [1.82, 2.24) is 0 Å². The van der Waals surface area contributed by atoms with Crippen LogP contribution in [0.2, 0.25) is 0 Å². The number of amides is 1. The van der Waals surface area contributed by atoms with Crippen LogP contribution in [0.25, 0.3) is 0 Å². The average molecular weight is 221 g/mol. The summed E-state index contributed by atoms with van der Waals surface area (Å²) in [4.78, 5) is 22.5. The summed E-state index contributed by atoms with van der Waals surface area (Å²) in [5.41, 5.74) is 0.0880. The number of rotatable bonds is 1. The number of nitrogens with zero attached hydrogens (tertiary/aromatic N) is 1. The number of aromatic carboxylic acids is 1. The van der Waals surface area contributed by atoms with Gasteiger partial charge in [-0.3, -0.25) is 10.0 Å². The molecule has 5 nitrogen and oxygen atoms in total. The Morgan fingerprint density at radius 2 is 2.00 bits per heavy atom. The van der Waals surface area contributed by atoms with Crippen LogP contribution in [0.1, 0.15) is 29.8 Å². The fraction of sp³-hybridized carbons (Fsp3) is 0.273. The van der Waals surface area contributed by atoms with Crippen LogP contribution in [-0.4, -0.2) is 22.2 Å². The largest absolute Gasteiger partial charge is 0.478 e. The maximum absolute atomic E-state index is 11.7. The lowest BCUT2D eigenvalue weighted by Gasteiger charge is -2.15. The molecular formula is C11H11NO4. The predicted molar refractivity (Wildman–Crippen MR) is 55.7 cm³/mol. The molecule has 0 aliphatic carbocycles. The highest BCUT2D eigenvalue weighted by molar-refractivity contribution is 6.06. The summed E-state index contributed by atoms with van der Waals surface area (Å²) < 4.78 is 0. The Hall–Kier alpha value is -1.88. The van der Waals surface area contributed by atoms with E-state index in [1.165, 1.54) is 18.2 Å². The second-order valence-corrected chi connectivity index (χ2v) is 4.28. The Bertz CT molecular complexity index is 493. The van der Waals surface area contributed by atoms with E-state index in [-0.39, 0.29) is 5.56 Å². The molecule has 0 aromatic heterocycles. The predicted octanol–water partition coefficient (Wildman–Crippen LogP) is 1.40. The van der Waals surface area contributed by atoms with Gasteiger partial charge in [-0.2, -0.15) is 5.06 Å². The summed E-state index contributed by atoms with van der Waals surface area (Å²) in [5, 5.41) is 19.0. The van der Waals surface area contributed by atoms with Gasteiger partial charge in [-0.1, -0.05) is 0 Å². The van der Waals surface area contributed by atoms with Crippen molar-refractivity contribution in [3.63, 3.8) is 0 Å². The maximum atomic E-state index is 11.7. The first-order chi connectivity index (χ1) is 7.35.